The van der Waals surface area contributed by atoms with E-state index in [0.717, 1.165) is 0 Å². The Morgan fingerprint density at radius 2 is 2.10 bits per heavy atom. The first kappa shape index (κ1) is 14.9. The summed E-state index contributed by atoms with van der Waals surface area (Å²) in [6, 6.07) is 11.4. The van der Waals surface area contributed by atoms with Gasteiger partial charge in [-0.05, 0) is 35.9 Å². The van der Waals surface area contributed by atoms with Crippen molar-refractivity contribution in [3.8, 4) is 11.5 Å². The lowest BCUT2D eigenvalue weighted by atomic mass is 10.2. The molecular weight excluding hydrogens is 292 g/mol. The van der Waals surface area contributed by atoms with Crippen molar-refractivity contribution in [2.75, 3.05) is 7.11 Å². The van der Waals surface area contributed by atoms with Gasteiger partial charge in [0.1, 0.15) is 0 Å². The van der Waals surface area contributed by atoms with Crippen molar-refractivity contribution in [2.24, 2.45) is 5.10 Å². The summed E-state index contributed by atoms with van der Waals surface area (Å²) < 4.78 is 4.98. The Hall–Kier alpha value is -2.53. The topological polar surface area (TPSA) is 70.9 Å². The minimum absolute atomic E-state index is 0.0368. The molecule has 5 nitrogen and oxygen atoms in total. The van der Waals surface area contributed by atoms with Crippen molar-refractivity contribution >= 4 is 23.7 Å². The number of halogens is 1. The Morgan fingerprint density at radius 1 is 1.33 bits per heavy atom. The molecule has 0 aliphatic heterocycles. The van der Waals surface area contributed by atoms with E-state index in [9.17, 15) is 9.90 Å². The minimum atomic E-state index is -0.400. The number of nitrogens with one attached hydrogen (secondary N) is 1. The highest BCUT2D eigenvalue weighted by molar-refractivity contribution is 6.33. The van der Waals surface area contributed by atoms with Crippen LogP contribution in [0.25, 0.3) is 0 Å². The number of hydrazone groups is 1. The molecule has 0 heterocycles. The van der Waals surface area contributed by atoms with Crippen LogP contribution in [0.4, 0.5) is 0 Å². The van der Waals surface area contributed by atoms with Crippen molar-refractivity contribution in [3.63, 3.8) is 0 Å². The van der Waals surface area contributed by atoms with Gasteiger partial charge in [0.15, 0.2) is 11.5 Å². The van der Waals surface area contributed by atoms with E-state index in [0.29, 0.717) is 21.9 Å². The van der Waals surface area contributed by atoms with E-state index >= 15 is 0 Å². The molecule has 6 heteroatoms. The molecule has 0 aliphatic rings. The van der Waals surface area contributed by atoms with Crippen molar-refractivity contribution in [2.45, 2.75) is 0 Å². The first-order chi connectivity index (χ1) is 10.1. The Bertz CT molecular complexity index is 686. The lowest BCUT2D eigenvalue weighted by Crippen LogP contribution is -2.17. The number of aromatic hydroxyl groups is 1. The van der Waals surface area contributed by atoms with E-state index < -0.39 is 5.91 Å². The minimum Gasteiger partial charge on any atom is -0.504 e. The maximum absolute atomic E-state index is 11.9. The molecule has 2 N–H and O–H groups in total. The monoisotopic (exact) mass is 304 g/mol. The number of carbonyl (C=O) groups is 1. The van der Waals surface area contributed by atoms with Gasteiger partial charge in [-0.25, -0.2) is 5.43 Å². The van der Waals surface area contributed by atoms with Gasteiger partial charge < -0.3 is 9.84 Å². The third kappa shape index (κ3) is 3.73. The predicted octanol–water partition coefficient (Wildman–Crippen LogP) is 2.82. The summed E-state index contributed by atoms with van der Waals surface area (Å²) >= 11 is 5.92. The van der Waals surface area contributed by atoms with Crippen molar-refractivity contribution < 1.29 is 14.6 Å². The van der Waals surface area contributed by atoms with Crippen molar-refractivity contribution in [1.82, 2.24) is 5.43 Å². The molecule has 1 amide bonds. The van der Waals surface area contributed by atoms with Gasteiger partial charge in [-0.3, -0.25) is 4.79 Å². The third-order valence-corrected chi connectivity index (χ3v) is 3.03. The fraction of sp³-hybridized carbons (Fsp3) is 0.0667. The number of methoxy groups -OCH3 is 1. The van der Waals surface area contributed by atoms with Crippen LogP contribution >= 0.6 is 11.6 Å². The third-order valence-electron chi connectivity index (χ3n) is 2.70. The van der Waals surface area contributed by atoms with E-state index in [1.165, 1.54) is 19.4 Å². The summed E-state index contributed by atoms with van der Waals surface area (Å²) in [4.78, 5) is 11.9. The van der Waals surface area contributed by atoms with E-state index in [4.69, 9.17) is 16.3 Å². The van der Waals surface area contributed by atoms with Gasteiger partial charge in [-0.1, -0.05) is 23.7 Å². The van der Waals surface area contributed by atoms with Gasteiger partial charge in [-0.15, -0.1) is 0 Å². The van der Waals surface area contributed by atoms with Crippen LogP contribution in [0.1, 0.15) is 15.9 Å². The van der Waals surface area contributed by atoms with Crippen LogP contribution in [0, 0.1) is 0 Å². The molecule has 108 valence electrons. The molecule has 21 heavy (non-hydrogen) atoms. The zero-order valence-electron chi connectivity index (χ0n) is 11.2. The van der Waals surface area contributed by atoms with Gasteiger partial charge in [0.05, 0.1) is 23.9 Å². The number of amides is 1. The number of nitrogens with zero attached hydrogens (tertiary/aromatic N) is 1. The predicted molar refractivity (Wildman–Crippen MR) is 81.2 cm³/mol. The number of phenols is 1. The maximum atomic E-state index is 11.9. The van der Waals surface area contributed by atoms with E-state index in [1.807, 2.05) is 0 Å². The molecule has 0 bridgehead atoms. The normalized spacial score (nSPS) is 10.6. The van der Waals surface area contributed by atoms with Crippen LogP contribution in [0.15, 0.2) is 47.6 Å². The van der Waals surface area contributed by atoms with Crippen LogP contribution < -0.4 is 10.2 Å². The molecule has 0 saturated carbocycles. The highest BCUT2D eigenvalue weighted by atomic mass is 35.5. The van der Waals surface area contributed by atoms with Gasteiger partial charge >= 0.3 is 0 Å². The second kappa shape index (κ2) is 6.76. The average Bonchev–Trinajstić information content (AvgIpc) is 2.49. The standard InChI is InChI=1S/C15H13ClN2O3/c1-21-14-8-10(6-7-13(14)19)9-17-18-15(20)11-4-2-3-5-12(11)16/h2-9,19H,1H3,(H,18,20)/b17-9-. The van der Waals surface area contributed by atoms with Crippen molar-refractivity contribution in [1.29, 1.82) is 0 Å². The first-order valence-electron chi connectivity index (χ1n) is 6.06. The Morgan fingerprint density at radius 3 is 2.81 bits per heavy atom. The Labute approximate surface area is 126 Å². The molecular formula is C15H13ClN2O3. The zero-order chi connectivity index (χ0) is 15.2. The number of phenolic OH excluding ortho intramolecular Hbond substituents is 1. The fourth-order valence-electron chi connectivity index (χ4n) is 1.65. The van der Waals surface area contributed by atoms with Crippen LogP contribution in [0.3, 0.4) is 0 Å². The summed E-state index contributed by atoms with van der Waals surface area (Å²) in [6.45, 7) is 0. The Kier molecular flexibility index (Phi) is 4.79. The molecule has 0 spiro atoms. The maximum Gasteiger partial charge on any atom is 0.272 e. The number of hydrogen-bond donors (Lipinski definition) is 2. The molecule has 0 unspecified atom stereocenters. The molecule has 2 rings (SSSR count). The SMILES string of the molecule is COc1cc(/C=N\NC(=O)c2ccccc2Cl)ccc1O. The molecule has 0 fully saturated rings. The molecule has 0 aromatic heterocycles. The second-order valence-electron chi connectivity index (χ2n) is 4.11. The molecule has 0 aliphatic carbocycles. The first-order valence-corrected chi connectivity index (χ1v) is 6.44. The van der Waals surface area contributed by atoms with Gasteiger partial charge in [-0.2, -0.15) is 5.10 Å². The molecule has 0 atom stereocenters. The number of carbonyl (C=O) groups excluding carboxylic acids is 1. The number of benzene rings is 2. The zero-order valence-corrected chi connectivity index (χ0v) is 12.0. The highest BCUT2D eigenvalue weighted by Crippen LogP contribution is 2.25. The summed E-state index contributed by atoms with van der Waals surface area (Å²) in [5.74, 6) is -0.0336. The quantitative estimate of drug-likeness (QED) is 0.674. The number of hydrogen-bond acceptors (Lipinski definition) is 4. The summed E-state index contributed by atoms with van der Waals surface area (Å²) in [6.07, 6.45) is 1.44. The van der Waals surface area contributed by atoms with Gasteiger partial charge in [0, 0.05) is 0 Å². The molecule has 2 aromatic rings. The van der Waals surface area contributed by atoms with Crippen LogP contribution in [-0.4, -0.2) is 24.3 Å². The summed E-state index contributed by atoms with van der Waals surface area (Å²) in [7, 11) is 1.45. The lowest BCUT2D eigenvalue weighted by Gasteiger charge is -2.04. The summed E-state index contributed by atoms with van der Waals surface area (Å²) in [5.41, 5.74) is 3.40. The molecule has 2 aromatic carbocycles. The van der Waals surface area contributed by atoms with E-state index in [1.54, 1.807) is 36.4 Å². The number of ether oxygens (including phenoxy) is 1. The smallest absolute Gasteiger partial charge is 0.272 e. The van der Waals surface area contributed by atoms with E-state index in [-0.39, 0.29) is 5.75 Å². The highest BCUT2D eigenvalue weighted by Gasteiger charge is 2.07. The van der Waals surface area contributed by atoms with Gasteiger partial charge in [0.25, 0.3) is 5.91 Å². The van der Waals surface area contributed by atoms with E-state index in [2.05, 4.69) is 10.5 Å². The Balaban J connectivity index is 2.06. The fourth-order valence-corrected chi connectivity index (χ4v) is 1.87. The molecule has 0 radical (unpaired) electrons. The van der Waals surface area contributed by atoms with Crippen molar-refractivity contribution in [3.05, 3.63) is 58.6 Å². The lowest BCUT2D eigenvalue weighted by molar-refractivity contribution is 0.0955. The van der Waals surface area contributed by atoms with Crippen LogP contribution in [0.5, 0.6) is 11.5 Å². The molecule has 0 saturated heterocycles. The second-order valence-corrected chi connectivity index (χ2v) is 4.52. The summed E-state index contributed by atoms with van der Waals surface area (Å²) in [5, 5.41) is 13.7. The van der Waals surface area contributed by atoms with Crippen LogP contribution in [-0.2, 0) is 0 Å². The largest absolute Gasteiger partial charge is 0.504 e. The van der Waals surface area contributed by atoms with Gasteiger partial charge in [0.2, 0.25) is 0 Å². The van der Waals surface area contributed by atoms with Crippen LogP contribution in [0.2, 0.25) is 5.02 Å². The number of rotatable bonds is 4. The average molecular weight is 305 g/mol.